The number of nitrogens with zero attached hydrogens (tertiary/aromatic N) is 4. The van der Waals surface area contributed by atoms with E-state index in [1.165, 1.54) is 16.8 Å². The predicted molar refractivity (Wildman–Crippen MR) is 101 cm³/mol. The van der Waals surface area contributed by atoms with Gasteiger partial charge < -0.3 is 10.1 Å². The maximum Gasteiger partial charge on any atom is 0.416 e. The molecule has 1 heterocycles. The van der Waals surface area contributed by atoms with E-state index < -0.39 is 17.6 Å². The van der Waals surface area contributed by atoms with Gasteiger partial charge in [-0.3, -0.25) is 4.79 Å². The fourth-order valence-electron chi connectivity index (χ4n) is 2.40. The number of benzene rings is 2. The zero-order chi connectivity index (χ0) is 20.9. The van der Waals surface area contributed by atoms with E-state index in [0.717, 1.165) is 23.9 Å². The maximum absolute atomic E-state index is 12.6. The first-order valence-corrected chi connectivity index (χ1v) is 9.47. The second-order valence-corrected chi connectivity index (χ2v) is 6.63. The third-order valence-corrected chi connectivity index (χ3v) is 4.58. The molecule has 1 aromatic heterocycles. The predicted octanol–water partition coefficient (Wildman–Crippen LogP) is 3.81. The number of halogens is 3. The van der Waals surface area contributed by atoms with E-state index in [4.69, 9.17) is 4.74 Å². The fourth-order valence-corrected chi connectivity index (χ4v) is 3.08. The Morgan fingerprint density at radius 2 is 1.90 bits per heavy atom. The van der Waals surface area contributed by atoms with Crippen molar-refractivity contribution in [1.82, 2.24) is 20.2 Å². The van der Waals surface area contributed by atoms with Crippen LogP contribution < -0.4 is 10.1 Å². The third-order valence-electron chi connectivity index (χ3n) is 3.66. The van der Waals surface area contributed by atoms with Gasteiger partial charge in [-0.15, -0.1) is 5.10 Å². The summed E-state index contributed by atoms with van der Waals surface area (Å²) >= 11 is 1.09. The molecule has 11 heteroatoms. The maximum atomic E-state index is 12.6. The van der Waals surface area contributed by atoms with Crippen LogP contribution in [0.15, 0.2) is 53.7 Å². The lowest BCUT2D eigenvalue weighted by Crippen LogP contribution is -2.15. The molecule has 0 radical (unpaired) electrons. The molecule has 1 amide bonds. The normalized spacial score (nSPS) is 11.3. The van der Waals surface area contributed by atoms with Gasteiger partial charge in [-0.1, -0.05) is 23.9 Å². The highest BCUT2D eigenvalue weighted by molar-refractivity contribution is 7.99. The van der Waals surface area contributed by atoms with Gasteiger partial charge in [0.2, 0.25) is 11.1 Å². The second-order valence-electron chi connectivity index (χ2n) is 5.69. The van der Waals surface area contributed by atoms with Crippen molar-refractivity contribution in [2.75, 3.05) is 17.7 Å². The minimum atomic E-state index is -4.42. The van der Waals surface area contributed by atoms with E-state index in [2.05, 4.69) is 20.8 Å². The lowest BCUT2D eigenvalue weighted by atomic mass is 10.2. The van der Waals surface area contributed by atoms with E-state index in [1.54, 1.807) is 12.1 Å². The quantitative estimate of drug-likeness (QED) is 0.582. The van der Waals surface area contributed by atoms with Gasteiger partial charge in [0.1, 0.15) is 11.4 Å². The van der Waals surface area contributed by atoms with Crippen LogP contribution in [0.1, 0.15) is 12.5 Å². The molecule has 0 unspecified atom stereocenters. The highest BCUT2D eigenvalue weighted by Crippen LogP contribution is 2.30. The van der Waals surface area contributed by atoms with Crippen molar-refractivity contribution in [3.63, 3.8) is 0 Å². The van der Waals surface area contributed by atoms with Crippen LogP contribution in [0.4, 0.5) is 18.9 Å². The summed E-state index contributed by atoms with van der Waals surface area (Å²) < 4.78 is 44.8. The molecule has 0 saturated carbocycles. The minimum absolute atomic E-state index is 0.0296. The lowest BCUT2D eigenvalue weighted by Gasteiger charge is -2.11. The zero-order valence-electron chi connectivity index (χ0n) is 15.2. The van der Waals surface area contributed by atoms with Gasteiger partial charge in [0.05, 0.1) is 17.9 Å². The summed E-state index contributed by atoms with van der Waals surface area (Å²) in [5.74, 6) is 0.166. The Kier molecular flexibility index (Phi) is 6.37. The largest absolute Gasteiger partial charge is 0.492 e. The number of hydrogen-bond acceptors (Lipinski definition) is 6. The van der Waals surface area contributed by atoms with Crippen molar-refractivity contribution in [2.45, 2.75) is 18.3 Å². The van der Waals surface area contributed by atoms with Crippen molar-refractivity contribution < 1.29 is 22.7 Å². The lowest BCUT2D eigenvalue weighted by molar-refractivity contribution is -0.137. The molecule has 7 nitrogen and oxygen atoms in total. The van der Waals surface area contributed by atoms with Gasteiger partial charge in [0, 0.05) is 5.69 Å². The molecule has 0 saturated heterocycles. The van der Waals surface area contributed by atoms with Crippen LogP contribution in [0.3, 0.4) is 0 Å². The number of amides is 1. The van der Waals surface area contributed by atoms with E-state index in [-0.39, 0.29) is 11.4 Å². The van der Waals surface area contributed by atoms with Gasteiger partial charge in [-0.25, -0.2) is 0 Å². The van der Waals surface area contributed by atoms with Gasteiger partial charge >= 0.3 is 6.18 Å². The number of tetrazole rings is 1. The standard InChI is InChI=1S/C18H16F3N5O2S/c1-2-28-15-6-4-3-5-14(15)26-17(23-24-25-26)29-11-16(27)22-13-9-7-12(8-10-13)18(19,20)21/h3-10H,2,11H2,1H3,(H,22,27). The van der Waals surface area contributed by atoms with Crippen LogP contribution >= 0.6 is 11.8 Å². The first-order chi connectivity index (χ1) is 13.9. The van der Waals surface area contributed by atoms with E-state index in [9.17, 15) is 18.0 Å². The average Bonchev–Trinajstić information content (AvgIpc) is 3.15. The smallest absolute Gasteiger partial charge is 0.416 e. The van der Waals surface area contributed by atoms with Crippen molar-refractivity contribution >= 4 is 23.4 Å². The van der Waals surface area contributed by atoms with E-state index in [1.807, 2.05) is 19.1 Å². The molecule has 152 valence electrons. The summed E-state index contributed by atoms with van der Waals surface area (Å²) in [6.45, 7) is 2.33. The van der Waals surface area contributed by atoms with Crippen LogP contribution in [0.5, 0.6) is 5.75 Å². The van der Waals surface area contributed by atoms with Crippen LogP contribution in [0.2, 0.25) is 0 Å². The van der Waals surface area contributed by atoms with Crippen molar-refractivity contribution in [3.05, 3.63) is 54.1 Å². The number of ether oxygens (including phenoxy) is 1. The minimum Gasteiger partial charge on any atom is -0.492 e. The molecule has 0 bridgehead atoms. The summed E-state index contributed by atoms with van der Waals surface area (Å²) in [7, 11) is 0. The number of thioether (sulfide) groups is 1. The summed E-state index contributed by atoms with van der Waals surface area (Å²) in [6.07, 6.45) is -4.42. The molecular formula is C18H16F3N5O2S. The summed E-state index contributed by atoms with van der Waals surface area (Å²) in [5, 5.41) is 14.4. The van der Waals surface area contributed by atoms with Crippen LogP contribution in [-0.2, 0) is 11.0 Å². The zero-order valence-corrected chi connectivity index (χ0v) is 16.0. The molecule has 0 aliphatic rings. The highest BCUT2D eigenvalue weighted by atomic mass is 32.2. The number of rotatable bonds is 7. The monoisotopic (exact) mass is 423 g/mol. The van der Waals surface area contributed by atoms with Gasteiger partial charge in [-0.05, 0) is 53.7 Å². The Morgan fingerprint density at radius 1 is 1.17 bits per heavy atom. The topological polar surface area (TPSA) is 81.9 Å². The van der Waals surface area contributed by atoms with Crippen LogP contribution in [0.25, 0.3) is 5.69 Å². The van der Waals surface area contributed by atoms with E-state index in [0.29, 0.717) is 23.2 Å². The number of carbonyl (C=O) groups excluding carboxylic acids is 1. The van der Waals surface area contributed by atoms with E-state index >= 15 is 0 Å². The van der Waals surface area contributed by atoms with Crippen molar-refractivity contribution in [1.29, 1.82) is 0 Å². The van der Waals surface area contributed by atoms with Crippen molar-refractivity contribution in [3.8, 4) is 11.4 Å². The molecule has 3 aromatic rings. The molecule has 0 aliphatic carbocycles. The fraction of sp³-hybridized carbons (Fsp3) is 0.222. The number of anilines is 1. The molecule has 3 rings (SSSR count). The Labute approximate surface area is 168 Å². The SMILES string of the molecule is CCOc1ccccc1-n1nnnc1SCC(=O)Nc1ccc(C(F)(F)F)cc1. The molecular weight excluding hydrogens is 407 g/mol. The highest BCUT2D eigenvalue weighted by Gasteiger charge is 2.30. The Balaban J connectivity index is 1.64. The molecule has 0 atom stereocenters. The number of hydrogen-bond donors (Lipinski definition) is 1. The van der Waals surface area contributed by atoms with Crippen molar-refractivity contribution in [2.24, 2.45) is 0 Å². The third kappa shape index (κ3) is 5.25. The Hall–Kier alpha value is -3.08. The number of alkyl halides is 3. The summed E-state index contributed by atoms with van der Waals surface area (Å²) in [4.78, 5) is 12.2. The van der Waals surface area contributed by atoms with Gasteiger partial charge in [0.25, 0.3) is 0 Å². The Bertz CT molecular complexity index is 976. The molecule has 29 heavy (non-hydrogen) atoms. The first-order valence-electron chi connectivity index (χ1n) is 8.49. The summed E-state index contributed by atoms with van der Waals surface area (Å²) in [5.41, 5.74) is 0.117. The average molecular weight is 423 g/mol. The molecule has 0 fully saturated rings. The van der Waals surface area contributed by atoms with Gasteiger partial charge in [0.15, 0.2) is 0 Å². The number of aromatic nitrogens is 4. The van der Waals surface area contributed by atoms with Crippen LogP contribution in [0, 0.1) is 0 Å². The molecule has 1 N–H and O–H groups in total. The summed E-state index contributed by atoms with van der Waals surface area (Å²) in [6, 6.07) is 11.4. The second kappa shape index (κ2) is 8.95. The van der Waals surface area contributed by atoms with Crippen LogP contribution in [-0.4, -0.2) is 38.5 Å². The number of carbonyl (C=O) groups is 1. The number of para-hydroxylation sites is 2. The Morgan fingerprint density at radius 3 is 2.59 bits per heavy atom. The number of nitrogens with one attached hydrogen (secondary N) is 1. The molecule has 0 aliphatic heterocycles. The first kappa shape index (κ1) is 20.6. The molecule has 0 spiro atoms. The molecule has 2 aromatic carbocycles. The van der Waals surface area contributed by atoms with Gasteiger partial charge in [-0.2, -0.15) is 17.9 Å².